The first-order valence-electron chi connectivity index (χ1n) is 7.74. The van der Waals surface area contributed by atoms with Crippen molar-refractivity contribution in [2.45, 2.75) is 6.42 Å². The van der Waals surface area contributed by atoms with Gasteiger partial charge in [0.25, 0.3) is 11.8 Å². The molecule has 1 aliphatic heterocycles. The summed E-state index contributed by atoms with van der Waals surface area (Å²) in [6, 6.07) is 6.75. The van der Waals surface area contributed by atoms with E-state index in [-0.39, 0.29) is 11.8 Å². The highest BCUT2D eigenvalue weighted by atomic mass is 16.2. The van der Waals surface area contributed by atoms with Crippen molar-refractivity contribution in [3.8, 4) is 0 Å². The van der Waals surface area contributed by atoms with Gasteiger partial charge in [-0.05, 0) is 31.2 Å². The summed E-state index contributed by atoms with van der Waals surface area (Å²) in [6.45, 7) is 5.87. The maximum Gasteiger partial charge on any atom is 0.251 e. The molecule has 2 rings (SSSR count). The summed E-state index contributed by atoms with van der Waals surface area (Å²) in [6.07, 6.45) is 0.931. The number of piperazine rings is 1. The minimum atomic E-state index is -0.187. The zero-order valence-electron chi connectivity index (χ0n) is 13.0. The number of rotatable bonds is 6. The molecule has 3 N–H and O–H groups in total. The molecule has 22 heavy (non-hydrogen) atoms. The number of amides is 2. The first kappa shape index (κ1) is 16.5. The Bertz CT molecular complexity index is 513. The largest absolute Gasteiger partial charge is 0.355 e. The van der Waals surface area contributed by atoms with Crippen molar-refractivity contribution in [2.24, 2.45) is 0 Å². The van der Waals surface area contributed by atoms with Gasteiger partial charge < -0.3 is 20.9 Å². The second-order valence-corrected chi connectivity index (χ2v) is 5.36. The van der Waals surface area contributed by atoms with Gasteiger partial charge in [0.05, 0.1) is 0 Å². The van der Waals surface area contributed by atoms with Crippen molar-refractivity contribution in [2.75, 3.05) is 46.3 Å². The third-order valence-corrected chi connectivity index (χ3v) is 3.76. The maximum absolute atomic E-state index is 12.1. The number of carbonyl (C=O) groups is 2. The number of nitrogens with one attached hydrogen (secondary N) is 3. The van der Waals surface area contributed by atoms with Crippen molar-refractivity contribution in [1.82, 2.24) is 20.9 Å². The Morgan fingerprint density at radius 3 is 2.55 bits per heavy atom. The van der Waals surface area contributed by atoms with Crippen molar-refractivity contribution in [3.05, 3.63) is 35.4 Å². The van der Waals surface area contributed by atoms with E-state index in [4.69, 9.17) is 0 Å². The van der Waals surface area contributed by atoms with Crippen LogP contribution in [0, 0.1) is 0 Å². The molecule has 6 heteroatoms. The van der Waals surface area contributed by atoms with E-state index in [1.165, 1.54) is 0 Å². The lowest BCUT2D eigenvalue weighted by Gasteiger charge is -2.27. The number of nitrogens with zero attached hydrogens (tertiary/aromatic N) is 1. The van der Waals surface area contributed by atoms with E-state index in [1.54, 1.807) is 31.3 Å². The van der Waals surface area contributed by atoms with Crippen molar-refractivity contribution in [1.29, 1.82) is 0 Å². The Morgan fingerprint density at radius 2 is 1.86 bits per heavy atom. The number of carbonyl (C=O) groups excluding carboxylic acids is 2. The average Bonchev–Trinajstić information content (AvgIpc) is 2.59. The smallest absolute Gasteiger partial charge is 0.251 e. The van der Waals surface area contributed by atoms with Crippen LogP contribution in [-0.4, -0.2) is 63.0 Å². The molecule has 0 radical (unpaired) electrons. The standard InChI is InChI=1S/C16H24N4O2/c1-17-15(21)13-4-2-5-14(12-13)16(22)19-6-3-9-20-10-7-18-8-11-20/h2,4-5,12,18H,3,6-11H2,1H3,(H,17,21)(H,19,22). The van der Waals surface area contributed by atoms with Gasteiger partial charge >= 0.3 is 0 Å². The topological polar surface area (TPSA) is 73.5 Å². The molecule has 120 valence electrons. The van der Waals surface area contributed by atoms with Crippen LogP contribution >= 0.6 is 0 Å². The van der Waals surface area contributed by atoms with Gasteiger partial charge in [-0.1, -0.05) is 6.07 Å². The SMILES string of the molecule is CNC(=O)c1cccc(C(=O)NCCCN2CCNCC2)c1. The number of benzene rings is 1. The minimum absolute atomic E-state index is 0.133. The zero-order chi connectivity index (χ0) is 15.8. The van der Waals surface area contributed by atoms with Crippen LogP contribution in [0.25, 0.3) is 0 Å². The van der Waals surface area contributed by atoms with Crippen LogP contribution in [0.5, 0.6) is 0 Å². The fourth-order valence-electron chi connectivity index (χ4n) is 2.49. The molecule has 0 aromatic heterocycles. The number of hydrogen-bond acceptors (Lipinski definition) is 4. The summed E-state index contributed by atoms with van der Waals surface area (Å²) < 4.78 is 0. The number of hydrogen-bond donors (Lipinski definition) is 3. The zero-order valence-corrected chi connectivity index (χ0v) is 13.0. The first-order valence-corrected chi connectivity index (χ1v) is 7.74. The van der Waals surface area contributed by atoms with Gasteiger partial charge in [-0.25, -0.2) is 0 Å². The fraction of sp³-hybridized carbons (Fsp3) is 0.500. The molecule has 2 amide bonds. The third-order valence-electron chi connectivity index (χ3n) is 3.76. The summed E-state index contributed by atoms with van der Waals surface area (Å²) in [5, 5.41) is 8.78. The minimum Gasteiger partial charge on any atom is -0.355 e. The molecule has 0 spiro atoms. The van der Waals surface area contributed by atoms with E-state index >= 15 is 0 Å². The van der Waals surface area contributed by atoms with Crippen LogP contribution in [0.3, 0.4) is 0 Å². The maximum atomic E-state index is 12.1. The molecule has 0 atom stereocenters. The Morgan fingerprint density at radius 1 is 1.18 bits per heavy atom. The lowest BCUT2D eigenvalue weighted by Crippen LogP contribution is -2.44. The van der Waals surface area contributed by atoms with Crippen molar-refractivity contribution >= 4 is 11.8 Å². The molecular formula is C16H24N4O2. The Hall–Kier alpha value is -1.92. The summed E-state index contributed by atoms with van der Waals surface area (Å²) >= 11 is 0. The van der Waals surface area contributed by atoms with E-state index in [9.17, 15) is 9.59 Å². The Balaban J connectivity index is 1.76. The van der Waals surface area contributed by atoms with Crippen LogP contribution in [0.15, 0.2) is 24.3 Å². The Kier molecular flexibility index (Phi) is 6.36. The molecule has 0 bridgehead atoms. The predicted octanol–water partition coefficient (Wildman–Crippen LogP) is 0.0713. The van der Waals surface area contributed by atoms with E-state index < -0.39 is 0 Å². The molecule has 1 fully saturated rings. The van der Waals surface area contributed by atoms with Gasteiger partial charge in [-0.2, -0.15) is 0 Å². The van der Waals surface area contributed by atoms with E-state index in [0.717, 1.165) is 39.1 Å². The van der Waals surface area contributed by atoms with Crippen LogP contribution < -0.4 is 16.0 Å². The summed E-state index contributed by atoms with van der Waals surface area (Å²) in [5.74, 6) is -0.320. The van der Waals surface area contributed by atoms with E-state index in [0.29, 0.717) is 17.7 Å². The Labute approximate surface area is 131 Å². The van der Waals surface area contributed by atoms with Crippen LogP contribution in [0.4, 0.5) is 0 Å². The lowest BCUT2D eigenvalue weighted by molar-refractivity contribution is 0.0951. The molecule has 6 nitrogen and oxygen atoms in total. The van der Waals surface area contributed by atoms with Gasteiger partial charge in [0.15, 0.2) is 0 Å². The molecule has 0 aliphatic carbocycles. The second-order valence-electron chi connectivity index (χ2n) is 5.36. The highest BCUT2D eigenvalue weighted by molar-refractivity contribution is 5.99. The van der Waals surface area contributed by atoms with Crippen molar-refractivity contribution in [3.63, 3.8) is 0 Å². The van der Waals surface area contributed by atoms with Crippen LogP contribution in [-0.2, 0) is 0 Å². The van der Waals surface area contributed by atoms with E-state index in [1.807, 2.05) is 0 Å². The monoisotopic (exact) mass is 304 g/mol. The quantitative estimate of drug-likeness (QED) is 0.650. The summed E-state index contributed by atoms with van der Waals surface area (Å²) in [7, 11) is 1.57. The van der Waals surface area contributed by atoms with Crippen LogP contribution in [0.2, 0.25) is 0 Å². The molecule has 1 aromatic carbocycles. The molecular weight excluding hydrogens is 280 g/mol. The molecule has 1 aromatic rings. The third kappa shape index (κ3) is 4.82. The normalized spacial score (nSPS) is 15.3. The van der Waals surface area contributed by atoms with Gasteiger partial charge in [-0.3, -0.25) is 9.59 Å². The van der Waals surface area contributed by atoms with Crippen molar-refractivity contribution < 1.29 is 9.59 Å². The molecule has 1 aliphatic rings. The van der Waals surface area contributed by atoms with Gasteiger partial charge in [0, 0.05) is 50.9 Å². The molecule has 0 saturated carbocycles. The molecule has 1 heterocycles. The average molecular weight is 304 g/mol. The van der Waals surface area contributed by atoms with Gasteiger partial charge in [0.2, 0.25) is 0 Å². The summed E-state index contributed by atoms with van der Waals surface area (Å²) in [5.41, 5.74) is 1.01. The van der Waals surface area contributed by atoms with E-state index in [2.05, 4.69) is 20.9 Å². The summed E-state index contributed by atoms with van der Waals surface area (Å²) in [4.78, 5) is 26.1. The lowest BCUT2D eigenvalue weighted by atomic mass is 10.1. The molecule has 1 saturated heterocycles. The molecule has 0 unspecified atom stereocenters. The van der Waals surface area contributed by atoms with Gasteiger partial charge in [0.1, 0.15) is 0 Å². The highest BCUT2D eigenvalue weighted by Gasteiger charge is 2.11. The predicted molar refractivity (Wildman–Crippen MR) is 86.1 cm³/mol. The second kappa shape index (κ2) is 8.51. The highest BCUT2D eigenvalue weighted by Crippen LogP contribution is 2.05. The van der Waals surface area contributed by atoms with Crippen LogP contribution in [0.1, 0.15) is 27.1 Å². The first-order chi connectivity index (χ1) is 10.7. The fourth-order valence-corrected chi connectivity index (χ4v) is 2.49. The van der Waals surface area contributed by atoms with Gasteiger partial charge in [-0.15, -0.1) is 0 Å².